The molecule has 2 rings (SSSR count). The topological polar surface area (TPSA) is 49.8 Å². The third-order valence-corrected chi connectivity index (χ3v) is 3.10. The molecule has 1 aliphatic rings. The molecule has 0 aliphatic carbocycles. The first-order valence-corrected chi connectivity index (χ1v) is 5.87. The summed E-state index contributed by atoms with van der Waals surface area (Å²) in [5, 5.41) is 11.2. The molecule has 0 radical (unpaired) electrons. The Morgan fingerprint density at radius 2 is 2.12 bits per heavy atom. The van der Waals surface area contributed by atoms with Crippen LogP contribution in [-0.2, 0) is 4.84 Å². The summed E-state index contributed by atoms with van der Waals surface area (Å²) in [7, 11) is 0. The van der Waals surface area contributed by atoms with Gasteiger partial charge in [-0.25, -0.2) is 4.79 Å². The number of aliphatic hydroxyl groups is 1. The van der Waals surface area contributed by atoms with Crippen LogP contribution in [0, 0.1) is 5.92 Å². The van der Waals surface area contributed by atoms with E-state index >= 15 is 0 Å². The fraction of sp³-hybridized carbons (Fsp3) is 0.462. The minimum atomic E-state index is -0.424. The van der Waals surface area contributed by atoms with Crippen molar-refractivity contribution in [3.8, 4) is 0 Å². The van der Waals surface area contributed by atoms with Gasteiger partial charge in [0.05, 0.1) is 18.2 Å². The molecule has 0 aromatic heterocycles. The van der Waals surface area contributed by atoms with Crippen LogP contribution >= 0.6 is 0 Å². The van der Waals surface area contributed by atoms with Crippen molar-refractivity contribution in [2.45, 2.75) is 19.4 Å². The Kier molecular flexibility index (Phi) is 3.76. The molecule has 0 bridgehead atoms. The van der Waals surface area contributed by atoms with E-state index in [4.69, 9.17) is 4.84 Å². The molecule has 1 fully saturated rings. The van der Waals surface area contributed by atoms with Gasteiger partial charge in [-0.15, -0.1) is 5.06 Å². The van der Waals surface area contributed by atoms with E-state index < -0.39 is 6.10 Å². The van der Waals surface area contributed by atoms with Gasteiger partial charge in [-0.3, -0.25) is 0 Å². The van der Waals surface area contributed by atoms with Gasteiger partial charge in [0.1, 0.15) is 0 Å². The van der Waals surface area contributed by atoms with Gasteiger partial charge in [0.2, 0.25) is 0 Å². The summed E-state index contributed by atoms with van der Waals surface area (Å²) >= 11 is 0. The fourth-order valence-electron chi connectivity index (χ4n) is 1.85. The lowest BCUT2D eigenvalue weighted by atomic mass is 9.97. The maximum Gasteiger partial charge on any atom is 0.357 e. The number of nitrogens with zero attached hydrogens (tertiary/aromatic N) is 1. The lowest BCUT2D eigenvalue weighted by Crippen LogP contribution is -2.43. The number of carbonyl (C=O) groups excluding carboxylic acids is 1. The maximum atomic E-state index is 11.8. The van der Waals surface area contributed by atoms with Crippen LogP contribution in [0.4, 0.5) is 0 Å². The zero-order valence-corrected chi connectivity index (χ0v) is 9.87. The van der Waals surface area contributed by atoms with Crippen molar-refractivity contribution >= 4 is 5.97 Å². The highest BCUT2D eigenvalue weighted by molar-refractivity contribution is 5.89. The SMILES string of the molecule is C[C@H]1CCN(OC(=O)c2ccccc2)C[C@@H]1O. The van der Waals surface area contributed by atoms with Crippen molar-refractivity contribution in [3.05, 3.63) is 35.9 Å². The van der Waals surface area contributed by atoms with Crippen molar-refractivity contribution in [2.75, 3.05) is 13.1 Å². The maximum absolute atomic E-state index is 11.8. The lowest BCUT2D eigenvalue weighted by molar-refractivity contribution is -0.152. The number of piperidine rings is 1. The second-order valence-corrected chi connectivity index (χ2v) is 4.47. The standard InChI is InChI=1S/C13H17NO3/c1-10-7-8-14(9-12(10)15)17-13(16)11-5-3-2-4-6-11/h2-6,10,12,15H,7-9H2,1H3/t10-,12-/m0/s1. The predicted octanol–water partition coefficient (Wildman–Crippen LogP) is 1.46. The van der Waals surface area contributed by atoms with Gasteiger partial charge in [0, 0.05) is 6.54 Å². The first kappa shape index (κ1) is 12.1. The molecule has 0 spiro atoms. The number of aliphatic hydroxyl groups excluding tert-OH is 1. The van der Waals surface area contributed by atoms with Crippen LogP contribution in [0.2, 0.25) is 0 Å². The zero-order chi connectivity index (χ0) is 12.3. The molecular weight excluding hydrogens is 218 g/mol. The van der Waals surface area contributed by atoms with Crippen molar-refractivity contribution < 1.29 is 14.7 Å². The number of rotatable bonds is 2. The zero-order valence-electron chi connectivity index (χ0n) is 9.87. The van der Waals surface area contributed by atoms with E-state index in [1.165, 1.54) is 0 Å². The molecule has 17 heavy (non-hydrogen) atoms. The summed E-state index contributed by atoms with van der Waals surface area (Å²) in [6, 6.07) is 8.87. The molecule has 92 valence electrons. The molecule has 1 heterocycles. The summed E-state index contributed by atoms with van der Waals surface area (Å²) in [6.07, 6.45) is 0.413. The molecule has 0 saturated carbocycles. The molecule has 4 nitrogen and oxygen atoms in total. The van der Waals surface area contributed by atoms with E-state index in [1.807, 2.05) is 13.0 Å². The molecule has 1 N–H and O–H groups in total. The van der Waals surface area contributed by atoms with Crippen LogP contribution in [0.25, 0.3) is 0 Å². The van der Waals surface area contributed by atoms with Gasteiger partial charge in [-0.1, -0.05) is 25.1 Å². The Bertz CT molecular complexity index is 380. The number of benzene rings is 1. The van der Waals surface area contributed by atoms with E-state index in [1.54, 1.807) is 29.3 Å². The average Bonchev–Trinajstić information content (AvgIpc) is 2.35. The molecular formula is C13H17NO3. The Balaban J connectivity index is 1.92. The van der Waals surface area contributed by atoms with Gasteiger partial charge in [0.25, 0.3) is 0 Å². The highest BCUT2D eigenvalue weighted by Crippen LogP contribution is 2.17. The highest BCUT2D eigenvalue weighted by atomic mass is 16.7. The number of hydrogen-bond donors (Lipinski definition) is 1. The monoisotopic (exact) mass is 235 g/mol. The fourth-order valence-corrected chi connectivity index (χ4v) is 1.85. The van der Waals surface area contributed by atoms with Crippen molar-refractivity contribution in [1.29, 1.82) is 0 Å². The van der Waals surface area contributed by atoms with E-state index in [0.29, 0.717) is 18.7 Å². The number of hydrogen-bond acceptors (Lipinski definition) is 4. The van der Waals surface area contributed by atoms with Crippen LogP contribution in [0.5, 0.6) is 0 Å². The minimum absolute atomic E-state index is 0.265. The van der Waals surface area contributed by atoms with E-state index in [2.05, 4.69) is 0 Å². The normalized spacial score (nSPS) is 25.5. The molecule has 1 aliphatic heterocycles. The summed E-state index contributed by atoms with van der Waals surface area (Å²) in [4.78, 5) is 17.0. The molecule has 1 saturated heterocycles. The number of β-amino-alcohol motifs (C(OH)–C–C–N with tert-alkyl or cyclic N) is 1. The first-order chi connectivity index (χ1) is 8.16. The highest BCUT2D eigenvalue weighted by Gasteiger charge is 2.26. The average molecular weight is 235 g/mol. The van der Waals surface area contributed by atoms with Gasteiger partial charge < -0.3 is 9.94 Å². The van der Waals surface area contributed by atoms with Gasteiger partial charge in [0.15, 0.2) is 0 Å². The van der Waals surface area contributed by atoms with Crippen molar-refractivity contribution in [2.24, 2.45) is 5.92 Å². The van der Waals surface area contributed by atoms with Crippen molar-refractivity contribution in [1.82, 2.24) is 5.06 Å². The number of hydroxylamine groups is 2. The summed E-state index contributed by atoms with van der Waals surface area (Å²) in [6.45, 7) is 3.07. The molecule has 0 amide bonds. The molecule has 2 atom stereocenters. The minimum Gasteiger partial charge on any atom is -0.391 e. The molecule has 0 unspecified atom stereocenters. The second-order valence-electron chi connectivity index (χ2n) is 4.47. The van der Waals surface area contributed by atoms with E-state index in [-0.39, 0.29) is 11.9 Å². The van der Waals surface area contributed by atoms with Crippen molar-refractivity contribution in [3.63, 3.8) is 0 Å². The quantitative estimate of drug-likeness (QED) is 0.843. The Labute approximate surface area is 101 Å². The molecule has 1 aromatic rings. The third-order valence-electron chi connectivity index (χ3n) is 3.10. The summed E-state index contributed by atoms with van der Waals surface area (Å²) < 4.78 is 0. The summed E-state index contributed by atoms with van der Waals surface area (Å²) in [5.41, 5.74) is 0.528. The first-order valence-electron chi connectivity index (χ1n) is 5.87. The Hall–Kier alpha value is -1.39. The van der Waals surface area contributed by atoms with Crippen LogP contribution in [-0.4, -0.2) is 35.3 Å². The molecule has 4 heteroatoms. The van der Waals surface area contributed by atoms with Crippen LogP contribution in [0.3, 0.4) is 0 Å². The summed E-state index contributed by atoms with van der Waals surface area (Å²) in [5.74, 6) is -0.103. The van der Waals surface area contributed by atoms with Crippen LogP contribution in [0.1, 0.15) is 23.7 Å². The Morgan fingerprint density at radius 3 is 2.76 bits per heavy atom. The second kappa shape index (κ2) is 5.29. The van der Waals surface area contributed by atoms with E-state index in [0.717, 1.165) is 6.42 Å². The van der Waals surface area contributed by atoms with Gasteiger partial charge in [-0.05, 0) is 24.5 Å². The van der Waals surface area contributed by atoms with E-state index in [9.17, 15) is 9.90 Å². The van der Waals surface area contributed by atoms with Crippen LogP contribution < -0.4 is 0 Å². The van der Waals surface area contributed by atoms with Crippen LogP contribution in [0.15, 0.2) is 30.3 Å². The lowest BCUT2D eigenvalue weighted by Gasteiger charge is -2.32. The third kappa shape index (κ3) is 3.05. The van der Waals surface area contributed by atoms with Gasteiger partial charge in [-0.2, -0.15) is 0 Å². The Morgan fingerprint density at radius 1 is 1.41 bits per heavy atom. The largest absolute Gasteiger partial charge is 0.391 e. The number of carbonyl (C=O) groups is 1. The van der Waals surface area contributed by atoms with Gasteiger partial charge >= 0.3 is 5.97 Å². The predicted molar refractivity (Wildman–Crippen MR) is 63.2 cm³/mol. The molecule has 1 aromatic carbocycles. The smallest absolute Gasteiger partial charge is 0.357 e.